The Balaban J connectivity index is 3.07. The molecule has 0 aromatic rings. The topological polar surface area (TPSA) is 152 Å². The summed E-state index contributed by atoms with van der Waals surface area (Å²) in [6.45, 7) is 9.73. The molecule has 42 heavy (non-hydrogen) atoms. The molecule has 0 saturated heterocycles. The van der Waals surface area contributed by atoms with Gasteiger partial charge >= 0.3 is 10.4 Å². The van der Waals surface area contributed by atoms with Crippen LogP contribution in [0.5, 0.6) is 0 Å². The largest absolute Gasteiger partial charge is 0.415 e. The number of hydrogen-bond acceptors (Lipinski definition) is 13. The number of nitrogens with two attached hydrogens (primary N) is 1. The van der Waals surface area contributed by atoms with Crippen LogP contribution < -0.4 is 5.90 Å². The highest BCUT2D eigenvalue weighted by molar-refractivity contribution is 7.81. The molecular weight excluding hydrogens is 574 g/mol. The first-order valence-electron chi connectivity index (χ1n) is 15.5. The Bertz CT molecular complexity index is 616. The Morgan fingerprint density at radius 1 is 0.381 bits per heavy atom. The van der Waals surface area contributed by atoms with Crippen molar-refractivity contribution < 1.29 is 54.8 Å². The molecule has 0 atom stereocenters. The molecule has 0 heterocycles. The van der Waals surface area contributed by atoms with Gasteiger partial charge in [-0.15, -0.1) is 0 Å². The van der Waals surface area contributed by atoms with E-state index >= 15 is 0 Å². The van der Waals surface area contributed by atoms with Gasteiger partial charge in [-0.25, -0.2) is 4.18 Å². The third-order valence-electron chi connectivity index (χ3n) is 5.82. The van der Waals surface area contributed by atoms with E-state index in [0.29, 0.717) is 92.5 Å². The fourth-order valence-electron chi connectivity index (χ4n) is 3.56. The maximum absolute atomic E-state index is 10.8. The molecule has 2 N–H and O–H groups in total. The van der Waals surface area contributed by atoms with Crippen molar-refractivity contribution in [1.82, 2.24) is 0 Å². The van der Waals surface area contributed by atoms with Crippen LogP contribution in [-0.2, 0) is 56.8 Å². The standard InChI is InChI=1S/C28H59NO12S/c1-2-3-4-5-6-7-8-9-10-11-12-32-13-14-33-15-16-34-17-18-35-19-20-36-21-22-37-23-24-38-25-26-39-27-28-40-42(30,31)41-29/h2-29H2,1H3. The lowest BCUT2D eigenvalue weighted by Gasteiger charge is -2.09. The lowest BCUT2D eigenvalue weighted by Crippen LogP contribution is -2.18. The highest BCUT2D eigenvalue weighted by Crippen LogP contribution is 2.10. The first-order valence-corrected chi connectivity index (χ1v) is 16.9. The maximum Gasteiger partial charge on any atom is 0.415 e. The van der Waals surface area contributed by atoms with Crippen molar-refractivity contribution >= 4 is 10.4 Å². The molecule has 254 valence electrons. The molecule has 0 unspecified atom stereocenters. The quantitative estimate of drug-likeness (QED) is 0.0788. The van der Waals surface area contributed by atoms with Gasteiger partial charge in [-0.1, -0.05) is 64.7 Å². The van der Waals surface area contributed by atoms with Gasteiger partial charge < -0.3 is 37.9 Å². The molecule has 0 fully saturated rings. The third-order valence-corrected chi connectivity index (χ3v) is 6.51. The van der Waals surface area contributed by atoms with E-state index < -0.39 is 10.4 Å². The lowest BCUT2D eigenvalue weighted by atomic mass is 10.1. The Labute approximate surface area is 254 Å². The molecule has 0 aromatic heterocycles. The van der Waals surface area contributed by atoms with Crippen molar-refractivity contribution in [3.63, 3.8) is 0 Å². The van der Waals surface area contributed by atoms with Crippen LogP contribution in [0.15, 0.2) is 0 Å². The summed E-state index contributed by atoms with van der Waals surface area (Å²) in [4.78, 5) is 0. The second-order valence-electron chi connectivity index (χ2n) is 9.41. The zero-order valence-electron chi connectivity index (χ0n) is 26.0. The summed E-state index contributed by atoms with van der Waals surface area (Å²) in [6.07, 6.45) is 13.3. The summed E-state index contributed by atoms with van der Waals surface area (Å²) in [5, 5.41) is 0. The summed E-state index contributed by atoms with van der Waals surface area (Å²) < 4.78 is 73.0. The Kier molecular flexibility index (Phi) is 34.6. The zero-order chi connectivity index (χ0) is 30.7. The van der Waals surface area contributed by atoms with Crippen molar-refractivity contribution in [2.75, 3.05) is 112 Å². The molecule has 0 aromatic carbocycles. The van der Waals surface area contributed by atoms with Crippen LogP contribution in [0.4, 0.5) is 0 Å². The molecule has 0 amide bonds. The monoisotopic (exact) mass is 633 g/mol. The molecule has 0 aliphatic heterocycles. The minimum atomic E-state index is -4.13. The summed E-state index contributed by atoms with van der Waals surface area (Å²) in [5.74, 6) is 4.52. The smallest absolute Gasteiger partial charge is 0.379 e. The van der Waals surface area contributed by atoms with Gasteiger partial charge in [-0.2, -0.15) is 18.6 Å². The number of unbranched alkanes of at least 4 members (excludes halogenated alkanes) is 9. The predicted molar refractivity (Wildman–Crippen MR) is 159 cm³/mol. The normalized spacial score (nSPS) is 12.0. The fourth-order valence-corrected chi connectivity index (χ4v) is 3.88. The van der Waals surface area contributed by atoms with Gasteiger partial charge in [-0.05, 0) is 6.42 Å². The van der Waals surface area contributed by atoms with Crippen molar-refractivity contribution in [3.8, 4) is 0 Å². The minimum Gasteiger partial charge on any atom is -0.379 e. The fraction of sp³-hybridized carbons (Fsp3) is 1.00. The van der Waals surface area contributed by atoms with E-state index in [1.165, 1.54) is 57.8 Å². The average molecular weight is 634 g/mol. The van der Waals surface area contributed by atoms with Crippen LogP contribution in [-0.4, -0.2) is 121 Å². The van der Waals surface area contributed by atoms with Crippen LogP contribution in [0.1, 0.15) is 71.1 Å². The van der Waals surface area contributed by atoms with Crippen molar-refractivity contribution in [2.45, 2.75) is 71.1 Å². The van der Waals surface area contributed by atoms with Gasteiger partial charge in [-0.3, -0.25) is 0 Å². The van der Waals surface area contributed by atoms with E-state index in [-0.39, 0.29) is 13.2 Å². The maximum atomic E-state index is 10.8. The van der Waals surface area contributed by atoms with Gasteiger partial charge in [0.2, 0.25) is 0 Å². The number of rotatable bonds is 37. The van der Waals surface area contributed by atoms with Gasteiger partial charge in [0.1, 0.15) is 0 Å². The van der Waals surface area contributed by atoms with Crippen molar-refractivity contribution in [1.29, 1.82) is 0 Å². The van der Waals surface area contributed by atoms with Crippen molar-refractivity contribution in [3.05, 3.63) is 0 Å². The molecule has 14 heteroatoms. The number of hydrogen-bond donors (Lipinski definition) is 1. The zero-order valence-corrected chi connectivity index (χ0v) is 26.8. The molecule has 0 aliphatic carbocycles. The second kappa shape index (κ2) is 35.0. The molecule has 0 rings (SSSR count). The molecular formula is C28H59NO12S. The minimum absolute atomic E-state index is 0.0707. The second-order valence-corrected chi connectivity index (χ2v) is 10.7. The van der Waals surface area contributed by atoms with E-state index in [1.807, 2.05) is 0 Å². The Morgan fingerprint density at radius 3 is 0.952 bits per heavy atom. The summed E-state index contributed by atoms with van der Waals surface area (Å²) >= 11 is 0. The van der Waals surface area contributed by atoms with Gasteiger partial charge in [0.15, 0.2) is 0 Å². The molecule has 0 radical (unpaired) electrons. The number of ether oxygens (including phenoxy) is 8. The summed E-state index contributed by atoms with van der Waals surface area (Å²) in [6, 6.07) is 0. The SMILES string of the molecule is CCCCCCCCCCCCOCCOCCOCCOCCOCCOCCOCCOCCOS(=O)(=O)ON. The highest BCUT2D eigenvalue weighted by Gasteiger charge is 2.08. The van der Waals surface area contributed by atoms with Crippen molar-refractivity contribution in [2.24, 2.45) is 5.90 Å². The van der Waals surface area contributed by atoms with E-state index in [2.05, 4.69) is 21.3 Å². The highest BCUT2D eigenvalue weighted by atomic mass is 32.3. The van der Waals surface area contributed by atoms with Crippen LogP contribution in [0.25, 0.3) is 0 Å². The van der Waals surface area contributed by atoms with Gasteiger partial charge in [0.05, 0.1) is 106 Å². The lowest BCUT2D eigenvalue weighted by molar-refractivity contribution is -0.0237. The predicted octanol–water partition coefficient (Wildman–Crippen LogP) is 3.19. The molecule has 0 spiro atoms. The van der Waals surface area contributed by atoms with E-state index in [4.69, 9.17) is 37.9 Å². The summed E-state index contributed by atoms with van der Waals surface area (Å²) in [5.41, 5.74) is 0. The molecule has 13 nitrogen and oxygen atoms in total. The van der Waals surface area contributed by atoms with Gasteiger partial charge in [0.25, 0.3) is 0 Å². The summed E-state index contributed by atoms with van der Waals surface area (Å²) in [7, 11) is -4.13. The first-order chi connectivity index (χ1) is 20.6. The van der Waals surface area contributed by atoms with Crippen LogP contribution in [0, 0.1) is 0 Å². The van der Waals surface area contributed by atoms with Crippen LogP contribution in [0.2, 0.25) is 0 Å². The average Bonchev–Trinajstić information content (AvgIpc) is 2.99. The van der Waals surface area contributed by atoms with Gasteiger partial charge in [0, 0.05) is 6.61 Å². The van der Waals surface area contributed by atoms with Crippen LogP contribution >= 0.6 is 0 Å². The first kappa shape index (κ1) is 41.5. The van der Waals surface area contributed by atoms with E-state index in [0.717, 1.165) is 13.0 Å². The molecule has 0 saturated carbocycles. The molecule has 0 bridgehead atoms. The molecule has 0 aliphatic rings. The van der Waals surface area contributed by atoms with E-state index in [9.17, 15) is 8.42 Å². The Hall–Kier alpha value is -0.490. The third kappa shape index (κ3) is 35.7. The van der Waals surface area contributed by atoms with E-state index in [1.54, 1.807) is 0 Å². The van der Waals surface area contributed by atoms with Crippen LogP contribution in [0.3, 0.4) is 0 Å². The Morgan fingerprint density at radius 2 is 0.643 bits per heavy atom.